The Balaban J connectivity index is 1.23. The standard InChI is InChI=1S/C48H49N5O/c1-31-23-37(54-36-19-20-39-38-15-11-12-16-40(38)53(43(39)28-36)44-27-32(21-22-49-44)46(2,3)4)29-45(50-31)52-30-51(41-17-13-14-18-42(41)52)35-25-33(47(5,6)7)24-34(26-35)48(8,9)10/h11-29H,1-10H3. The van der Waals surface area contributed by atoms with Gasteiger partial charge in [-0.15, -0.1) is 0 Å². The fourth-order valence-corrected chi connectivity index (χ4v) is 7.23. The van der Waals surface area contributed by atoms with Gasteiger partial charge in [0.1, 0.15) is 17.3 Å². The van der Waals surface area contributed by atoms with Crippen molar-refractivity contribution in [2.75, 3.05) is 0 Å². The van der Waals surface area contributed by atoms with Gasteiger partial charge >= 0.3 is 0 Å². The van der Waals surface area contributed by atoms with Crippen molar-refractivity contribution in [2.45, 2.75) is 85.5 Å². The molecule has 0 aliphatic carbocycles. The molecule has 4 aromatic heterocycles. The molecule has 8 rings (SSSR count). The van der Waals surface area contributed by atoms with E-state index in [4.69, 9.17) is 14.7 Å². The van der Waals surface area contributed by atoms with Gasteiger partial charge in [-0.1, -0.05) is 111 Å². The highest BCUT2D eigenvalue weighted by Crippen LogP contribution is 2.37. The van der Waals surface area contributed by atoms with Crippen molar-refractivity contribution in [3.63, 3.8) is 0 Å². The van der Waals surface area contributed by atoms with E-state index in [1.54, 1.807) is 0 Å². The number of hydrogen-bond donors (Lipinski definition) is 0. The smallest absolute Gasteiger partial charge is 0.271 e. The van der Waals surface area contributed by atoms with Crippen LogP contribution in [0.15, 0.2) is 115 Å². The maximum Gasteiger partial charge on any atom is 0.271 e. The van der Waals surface area contributed by atoms with Crippen molar-refractivity contribution < 1.29 is 9.30 Å². The summed E-state index contributed by atoms with van der Waals surface area (Å²) in [6.07, 6.45) is 5.59. The largest absolute Gasteiger partial charge is 0.458 e. The fraction of sp³-hybridized carbons (Fsp3) is 0.271. The van der Waals surface area contributed by atoms with Crippen molar-refractivity contribution in [3.8, 4) is 28.8 Å². The highest BCUT2D eigenvalue weighted by molar-refractivity contribution is 6.09. The molecule has 6 heteroatoms. The number of nitrogens with zero attached hydrogens (tertiary/aromatic N) is 5. The molecule has 0 saturated heterocycles. The van der Waals surface area contributed by atoms with E-state index in [1.165, 1.54) is 22.1 Å². The predicted molar refractivity (Wildman–Crippen MR) is 221 cm³/mol. The van der Waals surface area contributed by atoms with Gasteiger partial charge in [0.2, 0.25) is 0 Å². The second-order valence-electron chi connectivity index (χ2n) is 17.6. The number of rotatable bonds is 5. The van der Waals surface area contributed by atoms with Crippen molar-refractivity contribution in [2.24, 2.45) is 0 Å². The average Bonchev–Trinajstić information content (AvgIpc) is 3.66. The number of benzene rings is 4. The maximum absolute atomic E-state index is 6.70. The summed E-state index contributed by atoms with van der Waals surface area (Å²) < 4.78 is 13.2. The third-order valence-corrected chi connectivity index (χ3v) is 10.3. The minimum absolute atomic E-state index is 0.00476. The van der Waals surface area contributed by atoms with Crippen LogP contribution in [0, 0.1) is 13.3 Å². The molecule has 0 aliphatic heterocycles. The second kappa shape index (κ2) is 12.7. The topological polar surface area (TPSA) is 48.8 Å². The van der Waals surface area contributed by atoms with E-state index in [1.807, 2.05) is 35.9 Å². The molecule has 0 saturated carbocycles. The number of fused-ring (bicyclic) bond motifs is 4. The zero-order valence-corrected chi connectivity index (χ0v) is 33.1. The molecule has 0 atom stereocenters. The van der Waals surface area contributed by atoms with E-state index >= 15 is 0 Å². The molecule has 6 nitrogen and oxygen atoms in total. The zero-order valence-electron chi connectivity index (χ0n) is 33.1. The summed E-state index contributed by atoms with van der Waals surface area (Å²) in [6, 6.07) is 38.5. The first-order valence-electron chi connectivity index (χ1n) is 18.8. The van der Waals surface area contributed by atoms with Gasteiger partial charge in [-0.2, -0.15) is 0 Å². The Morgan fingerprint density at radius 3 is 1.93 bits per heavy atom. The molecular formula is C48H49N5O. The Hall–Kier alpha value is -5.75. The van der Waals surface area contributed by atoms with Crippen molar-refractivity contribution >= 4 is 32.8 Å². The van der Waals surface area contributed by atoms with Crippen LogP contribution in [-0.4, -0.2) is 19.1 Å². The Morgan fingerprint density at radius 1 is 0.574 bits per heavy atom. The molecule has 54 heavy (non-hydrogen) atoms. The fourth-order valence-electron chi connectivity index (χ4n) is 7.23. The normalized spacial score (nSPS) is 12.6. The molecule has 4 heterocycles. The highest BCUT2D eigenvalue weighted by atomic mass is 16.5. The Labute approximate surface area is 318 Å². The van der Waals surface area contributed by atoms with Gasteiger partial charge in [-0.05, 0) is 82.3 Å². The molecule has 0 amide bonds. The second-order valence-corrected chi connectivity index (χ2v) is 17.6. The lowest BCUT2D eigenvalue weighted by atomic mass is 9.80. The molecule has 0 aliphatic rings. The van der Waals surface area contributed by atoms with Crippen LogP contribution in [0.25, 0.3) is 50.2 Å². The number of imidazole rings is 1. The summed E-state index contributed by atoms with van der Waals surface area (Å²) in [6.45, 7) is 22.3. The third kappa shape index (κ3) is 6.44. The molecular weight excluding hydrogens is 663 g/mol. The van der Waals surface area contributed by atoms with Gasteiger partial charge in [0.25, 0.3) is 6.33 Å². The lowest BCUT2D eigenvalue weighted by Crippen LogP contribution is -2.31. The van der Waals surface area contributed by atoms with Crippen LogP contribution in [0.4, 0.5) is 0 Å². The van der Waals surface area contributed by atoms with Gasteiger partial charge in [-0.3, -0.25) is 18.7 Å². The summed E-state index contributed by atoms with van der Waals surface area (Å²) >= 11 is 0. The number of para-hydroxylation sites is 3. The summed E-state index contributed by atoms with van der Waals surface area (Å²) in [5.74, 6) is 3.07. The Bertz CT molecular complexity index is 2680. The number of ether oxygens (including phenoxy) is 1. The Morgan fingerprint density at radius 2 is 1.22 bits per heavy atom. The van der Waals surface area contributed by atoms with E-state index in [0.717, 1.165) is 56.2 Å². The molecule has 0 bridgehead atoms. The van der Waals surface area contributed by atoms with E-state index in [2.05, 4.69) is 169 Å². The van der Waals surface area contributed by atoms with E-state index in [9.17, 15) is 0 Å². The van der Waals surface area contributed by atoms with Crippen LogP contribution in [0.1, 0.15) is 84.7 Å². The average molecular weight is 712 g/mol. The molecule has 272 valence electrons. The zero-order chi connectivity index (χ0) is 38.2. The number of aryl methyl sites for hydroxylation is 1. The van der Waals surface area contributed by atoms with Gasteiger partial charge in [0, 0.05) is 40.9 Å². The van der Waals surface area contributed by atoms with Crippen LogP contribution in [0.3, 0.4) is 0 Å². The van der Waals surface area contributed by atoms with E-state index in [-0.39, 0.29) is 16.2 Å². The monoisotopic (exact) mass is 711 g/mol. The van der Waals surface area contributed by atoms with E-state index < -0.39 is 0 Å². The summed E-state index contributed by atoms with van der Waals surface area (Å²) in [5, 5.41) is 2.32. The maximum atomic E-state index is 6.70. The summed E-state index contributed by atoms with van der Waals surface area (Å²) in [7, 11) is 0. The lowest BCUT2D eigenvalue weighted by Gasteiger charge is -2.26. The van der Waals surface area contributed by atoms with Crippen molar-refractivity contribution in [1.82, 2.24) is 19.1 Å². The molecule has 8 aromatic rings. The molecule has 0 N–H and O–H groups in total. The molecule has 0 unspecified atom stereocenters. The first-order valence-corrected chi connectivity index (χ1v) is 18.8. The van der Waals surface area contributed by atoms with Crippen LogP contribution in [0.5, 0.6) is 11.5 Å². The van der Waals surface area contributed by atoms with Gasteiger partial charge in [-0.25, -0.2) is 4.98 Å². The highest BCUT2D eigenvalue weighted by Gasteiger charge is 2.23. The summed E-state index contributed by atoms with van der Waals surface area (Å²) in [5.41, 5.74) is 9.93. The molecule has 0 spiro atoms. The number of pyridine rings is 2. The summed E-state index contributed by atoms with van der Waals surface area (Å²) in [4.78, 5) is 9.86. The quantitative estimate of drug-likeness (QED) is 0.132. The first-order chi connectivity index (χ1) is 25.5. The van der Waals surface area contributed by atoms with Crippen LogP contribution < -0.4 is 9.30 Å². The molecule has 0 fully saturated rings. The van der Waals surface area contributed by atoms with Crippen molar-refractivity contribution in [3.05, 3.63) is 144 Å². The first kappa shape index (κ1) is 35.3. The van der Waals surface area contributed by atoms with E-state index in [0.29, 0.717) is 5.75 Å². The van der Waals surface area contributed by atoms with Crippen LogP contribution >= 0.6 is 0 Å². The number of hydrogen-bond acceptors (Lipinski definition) is 3. The van der Waals surface area contributed by atoms with Gasteiger partial charge < -0.3 is 4.74 Å². The molecule has 0 radical (unpaired) electrons. The van der Waals surface area contributed by atoms with Gasteiger partial charge in [0.15, 0.2) is 5.82 Å². The van der Waals surface area contributed by atoms with Crippen LogP contribution in [0.2, 0.25) is 0 Å². The SMILES string of the molecule is Cc1cc(Oc2ccc3c4ccccc4n(-c4cc(C(C)(C)C)ccn4)c3c2)cc(-n2[c-][n+](-c3cc(C(C)(C)C)cc(C(C)(C)C)c3)c3ccccc32)n1. The minimum atomic E-state index is -0.0103. The number of aromatic nitrogens is 5. The van der Waals surface area contributed by atoms with Crippen molar-refractivity contribution in [1.29, 1.82) is 0 Å². The minimum Gasteiger partial charge on any atom is -0.458 e. The van der Waals surface area contributed by atoms with Gasteiger partial charge in [0.05, 0.1) is 27.8 Å². The third-order valence-electron chi connectivity index (χ3n) is 10.3. The lowest BCUT2D eigenvalue weighted by molar-refractivity contribution is -0.572. The van der Waals surface area contributed by atoms with Crippen LogP contribution in [-0.2, 0) is 16.2 Å². The predicted octanol–water partition coefficient (Wildman–Crippen LogP) is 11.6. The molecule has 4 aromatic carbocycles. The Kier molecular flexibility index (Phi) is 8.29.